The van der Waals surface area contributed by atoms with Crippen molar-refractivity contribution >= 4 is 38.4 Å². The summed E-state index contributed by atoms with van der Waals surface area (Å²) in [4.78, 5) is 19.4. The second-order valence-corrected chi connectivity index (χ2v) is 7.41. The topological polar surface area (TPSA) is 58.4 Å². The zero-order valence-corrected chi connectivity index (χ0v) is 16.0. The lowest BCUT2D eigenvalue weighted by Crippen LogP contribution is -2.28. The van der Waals surface area contributed by atoms with Gasteiger partial charge in [0.1, 0.15) is 5.76 Å². The lowest BCUT2D eigenvalue weighted by atomic mass is 10.1. The van der Waals surface area contributed by atoms with Crippen molar-refractivity contribution in [2.24, 2.45) is 0 Å². The van der Waals surface area contributed by atoms with Gasteiger partial charge in [-0.05, 0) is 56.3 Å². The summed E-state index contributed by atoms with van der Waals surface area (Å²) in [7, 11) is 0. The highest BCUT2D eigenvalue weighted by Gasteiger charge is 2.16. The van der Waals surface area contributed by atoms with E-state index in [0.717, 1.165) is 40.8 Å². The number of piperidine rings is 1. The predicted molar refractivity (Wildman–Crippen MR) is 105 cm³/mol. The zero-order valence-electron chi connectivity index (χ0n) is 14.4. The van der Waals surface area contributed by atoms with Crippen LogP contribution in [0, 0.1) is 0 Å². The molecule has 1 aliphatic rings. The third-order valence-corrected chi connectivity index (χ3v) is 5.37. The van der Waals surface area contributed by atoms with Gasteiger partial charge in [0.15, 0.2) is 5.76 Å². The van der Waals surface area contributed by atoms with Gasteiger partial charge in [0.05, 0.1) is 17.7 Å². The van der Waals surface area contributed by atoms with E-state index in [0.29, 0.717) is 11.4 Å². The highest BCUT2D eigenvalue weighted by Crippen LogP contribution is 2.28. The molecule has 1 saturated heterocycles. The van der Waals surface area contributed by atoms with Gasteiger partial charge in [0.2, 0.25) is 0 Å². The number of furan rings is 1. The highest BCUT2D eigenvalue weighted by molar-refractivity contribution is 9.10. The Hall–Kier alpha value is -2.18. The molecule has 1 N–H and O–H groups in total. The maximum absolute atomic E-state index is 12.6. The zero-order chi connectivity index (χ0) is 17.9. The Labute approximate surface area is 160 Å². The van der Waals surface area contributed by atoms with Gasteiger partial charge in [-0.2, -0.15) is 0 Å². The molecule has 0 atom stereocenters. The van der Waals surface area contributed by atoms with Crippen molar-refractivity contribution in [2.75, 3.05) is 18.4 Å². The molecule has 3 heterocycles. The lowest BCUT2D eigenvalue weighted by Gasteiger charge is -2.25. The molecule has 1 fully saturated rings. The molecule has 0 unspecified atom stereocenters. The van der Waals surface area contributed by atoms with E-state index in [-0.39, 0.29) is 5.91 Å². The minimum Gasteiger partial charge on any atom is -0.455 e. The Morgan fingerprint density at radius 3 is 2.85 bits per heavy atom. The molecule has 0 radical (unpaired) electrons. The van der Waals surface area contributed by atoms with E-state index in [4.69, 9.17) is 4.42 Å². The molecule has 5 nitrogen and oxygen atoms in total. The van der Waals surface area contributed by atoms with Crippen LogP contribution in [-0.4, -0.2) is 28.9 Å². The second-order valence-electron chi connectivity index (χ2n) is 6.55. The summed E-state index contributed by atoms with van der Waals surface area (Å²) in [6.07, 6.45) is 5.49. The summed E-state index contributed by atoms with van der Waals surface area (Å²) in [5.74, 6) is 0.893. The normalized spacial score (nSPS) is 15.3. The van der Waals surface area contributed by atoms with Crippen molar-refractivity contribution in [1.29, 1.82) is 0 Å². The smallest absolute Gasteiger partial charge is 0.291 e. The quantitative estimate of drug-likeness (QED) is 0.665. The number of anilines is 1. The van der Waals surface area contributed by atoms with Gasteiger partial charge in [0, 0.05) is 16.1 Å². The third kappa shape index (κ3) is 3.66. The molecule has 1 aromatic carbocycles. The van der Waals surface area contributed by atoms with Crippen LogP contribution in [0.5, 0.6) is 0 Å². The molecule has 6 heteroatoms. The summed E-state index contributed by atoms with van der Waals surface area (Å²) < 4.78 is 6.72. The molecule has 4 rings (SSSR count). The standard InChI is InChI=1S/C20H20BrN3O2/c21-16-7-8-17(19-15(16)5-4-10-22-19)23-20(25)18-9-6-14(26-18)13-24-11-2-1-3-12-24/h4-10H,1-3,11-13H2,(H,23,25). The van der Waals surface area contributed by atoms with Crippen LogP contribution in [0.3, 0.4) is 0 Å². The van der Waals surface area contributed by atoms with Crippen LogP contribution in [0.2, 0.25) is 0 Å². The summed E-state index contributed by atoms with van der Waals surface area (Å²) in [6, 6.07) is 11.2. The van der Waals surface area contributed by atoms with Crippen molar-refractivity contribution in [3.05, 3.63) is 58.6 Å². The molecule has 0 bridgehead atoms. The number of amides is 1. The Balaban J connectivity index is 1.50. The first-order valence-electron chi connectivity index (χ1n) is 8.86. The summed E-state index contributed by atoms with van der Waals surface area (Å²) in [5.41, 5.74) is 1.41. The van der Waals surface area contributed by atoms with Gasteiger partial charge >= 0.3 is 0 Å². The van der Waals surface area contributed by atoms with Crippen LogP contribution in [0.15, 0.2) is 51.5 Å². The Kier molecular flexibility index (Phi) is 5.04. The van der Waals surface area contributed by atoms with Crippen molar-refractivity contribution in [3.8, 4) is 0 Å². The molecule has 0 aliphatic carbocycles. The third-order valence-electron chi connectivity index (χ3n) is 4.68. The largest absolute Gasteiger partial charge is 0.455 e. The first-order chi connectivity index (χ1) is 12.7. The number of fused-ring (bicyclic) bond motifs is 1. The van der Waals surface area contributed by atoms with E-state index in [2.05, 4.69) is 31.1 Å². The van der Waals surface area contributed by atoms with E-state index in [1.54, 1.807) is 12.3 Å². The number of halogens is 1. The molecule has 1 aliphatic heterocycles. The number of carbonyl (C=O) groups is 1. The molecular weight excluding hydrogens is 394 g/mol. The Bertz CT molecular complexity index is 932. The number of pyridine rings is 1. The predicted octanol–water partition coefficient (Wildman–Crippen LogP) is 4.83. The molecule has 26 heavy (non-hydrogen) atoms. The fourth-order valence-corrected chi connectivity index (χ4v) is 3.80. The van der Waals surface area contributed by atoms with E-state index >= 15 is 0 Å². The number of hydrogen-bond donors (Lipinski definition) is 1. The highest BCUT2D eigenvalue weighted by atomic mass is 79.9. The van der Waals surface area contributed by atoms with Crippen LogP contribution >= 0.6 is 15.9 Å². The monoisotopic (exact) mass is 413 g/mol. The number of nitrogens with zero attached hydrogens (tertiary/aromatic N) is 2. The van der Waals surface area contributed by atoms with Crippen LogP contribution in [0.4, 0.5) is 5.69 Å². The first-order valence-corrected chi connectivity index (χ1v) is 9.66. The minimum absolute atomic E-state index is 0.260. The fourth-order valence-electron chi connectivity index (χ4n) is 3.35. The summed E-state index contributed by atoms with van der Waals surface area (Å²) >= 11 is 3.52. The first kappa shape index (κ1) is 17.2. The fraction of sp³-hybridized carbons (Fsp3) is 0.300. The second kappa shape index (κ2) is 7.60. The number of hydrogen-bond acceptors (Lipinski definition) is 4. The average molecular weight is 414 g/mol. The maximum atomic E-state index is 12.6. The molecule has 0 spiro atoms. The van der Waals surface area contributed by atoms with E-state index in [1.165, 1.54) is 19.3 Å². The van der Waals surface area contributed by atoms with E-state index < -0.39 is 0 Å². The Morgan fingerprint density at radius 1 is 1.15 bits per heavy atom. The van der Waals surface area contributed by atoms with Crippen molar-refractivity contribution < 1.29 is 9.21 Å². The van der Waals surface area contributed by atoms with Gasteiger partial charge in [-0.25, -0.2) is 0 Å². The maximum Gasteiger partial charge on any atom is 0.291 e. The number of carbonyl (C=O) groups excluding carboxylic acids is 1. The van der Waals surface area contributed by atoms with E-state index in [1.807, 2.05) is 30.3 Å². The van der Waals surface area contributed by atoms with Gasteiger partial charge in [0.25, 0.3) is 5.91 Å². The van der Waals surface area contributed by atoms with Gasteiger partial charge in [-0.3, -0.25) is 14.7 Å². The molecule has 3 aromatic rings. The lowest BCUT2D eigenvalue weighted by molar-refractivity contribution is 0.0992. The molecule has 2 aromatic heterocycles. The van der Waals surface area contributed by atoms with Crippen LogP contribution in [0.25, 0.3) is 10.9 Å². The number of likely N-dealkylation sites (tertiary alicyclic amines) is 1. The number of aromatic nitrogens is 1. The molecule has 1 amide bonds. The number of benzene rings is 1. The number of rotatable bonds is 4. The molecule has 0 saturated carbocycles. The SMILES string of the molecule is O=C(Nc1ccc(Br)c2cccnc12)c1ccc(CN2CCCCC2)o1. The van der Waals surface area contributed by atoms with Crippen LogP contribution in [0.1, 0.15) is 35.6 Å². The summed E-state index contributed by atoms with van der Waals surface area (Å²) in [5, 5.41) is 3.87. The van der Waals surface area contributed by atoms with Gasteiger partial charge in [-0.15, -0.1) is 0 Å². The van der Waals surface area contributed by atoms with Crippen LogP contribution < -0.4 is 5.32 Å². The van der Waals surface area contributed by atoms with Crippen molar-refractivity contribution in [2.45, 2.75) is 25.8 Å². The average Bonchev–Trinajstić information content (AvgIpc) is 3.14. The molecule has 134 valence electrons. The number of nitrogens with one attached hydrogen (secondary N) is 1. The Morgan fingerprint density at radius 2 is 2.00 bits per heavy atom. The van der Waals surface area contributed by atoms with Gasteiger partial charge < -0.3 is 9.73 Å². The van der Waals surface area contributed by atoms with Crippen LogP contribution in [-0.2, 0) is 6.54 Å². The van der Waals surface area contributed by atoms with E-state index in [9.17, 15) is 4.79 Å². The van der Waals surface area contributed by atoms with Gasteiger partial charge in [-0.1, -0.05) is 28.4 Å². The minimum atomic E-state index is -0.260. The van der Waals surface area contributed by atoms with Crippen molar-refractivity contribution in [3.63, 3.8) is 0 Å². The van der Waals surface area contributed by atoms with Crippen molar-refractivity contribution in [1.82, 2.24) is 9.88 Å². The summed E-state index contributed by atoms with van der Waals surface area (Å²) in [6.45, 7) is 2.95. The molecular formula is C20H20BrN3O2.